The van der Waals surface area contributed by atoms with Crippen LogP contribution in [-0.4, -0.2) is 24.0 Å². The van der Waals surface area contributed by atoms with Gasteiger partial charge < -0.3 is 4.74 Å². The van der Waals surface area contributed by atoms with E-state index < -0.39 is 5.91 Å². The smallest absolute Gasteiger partial charge is 0.277 e. The summed E-state index contributed by atoms with van der Waals surface area (Å²) >= 11 is 0. The minimum absolute atomic E-state index is 0.192. The first-order valence-corrected chi connectivity index (χ1v) is 9.93. The number of ketones is 1. The first-order valence-electron chi connectivity index (χ1n) is 9.93. The van der Waals surface area contributed by atoms with Crippen molar-refractivity contribution in [1.82, 2.24) is 5.43 Å². The van der Waals surface area contributed by atoms with Gasteiger partial charge in [-0.2, -0.15) is 5.10 Å². The Morgan fingerprint density at radius 2 is 1.45 bits per heavy atom. The van der Waals surface area contributed by atoms with Gasteiger partial charge in [-0.3, -0.25) is 9.59 Å². The molecule has 4 aromatic rings. The molecule has 5 rings (SSSR count). The molecule has 0 radical (unpaired) electrons. The van der Waals surface area contributed by atoms with Crippen molar-refractivity contribution in [2.45, 2.75) is 0 Å². The van der Waals surface area contributed by atoms with Gasteiger partial charge in [-0.15, -0.1) is 0 Å². The standard InChI is InChI=1S/C26H18N2O3/c29-23(16-31-22-15-5-4-12-19(22)17-8-2-1-3-9-17)27-28-25-20-13-6-10-18-11-7-14-21(24(18)20)26(25)30/h1-15H,16H2,(H,27,29)/b28-25-. The highest BCUT2D eigenvalue weighted by atomic mass is 16.5. The van der Waals surface area contributed by atoms with Crippen LogP contribution in [0.15, 0.2) is 96.1 Å². The second-order valence-corrected chi connectivity index (χ2v) is 7.18. The molecule has 0 aromatic heterocycles. The summed E-state index contributed by atoms with van der Waals surface area (Å²) in [7, 11) is 0. The van der Waals surface area contributed by atoms with E-state index in [9.17, 15) is 9.59 Å². The molecule has 1 N–H and O–H groups in total. The van der Waals surface area contributed by atoms with E-state index in [-0.39, 0.29) is 18.1 Å². The third-order valence-electron chi connectivity index (χ3n) is 5.24. The molecule has 1 aliphatic carbocycles. The summed E-state index contributed by atoms with van der Waals surface area (Å²) in [5.41, 5.74) is 5.94. The predicted octanol–water partition coefficient (Wildman–Crippen LogP) is 4.60. The normalized spacial score (nSPS) is 13.5. The highest BCUT2D eigenvalue weighted by molar-refractivity contribution is 6.59. The Kier molecular flexibility index (Phi) is 4.77. The van der Waals surface area contributed by atoms with Crippen molar-refractivity contribution >= 4 is 28.2 Å². The molecular weight excluding hydrogens is 388 g/mol. The molecule has 31 heavy (non-hydrogen) atoms. The van der Waals surface area contributed by atoms with E-state index in [2.05, 4.69) is 10.5 Å². The first-order chi connectivity index (χ1) is 15.2. The number of hydrogen-bond acceptors (Lipinski definition) is 4. The number of hydrazone groups is 1. The van der Waals surface area contributed by atoms with E-state index in [1.165, 1.54) is 0 Å². The lowest BCUT2D eigenvalue weighted by Gasteiger charge is -2.11. The zero-order chi connectivity index (χ0) is 21.2. The van der Waals surface area contributed by atoms with E-state index in [1.54, 1.807) is 6.07 Å². The molecule has 0 saturated carbocycles. The lowest BCUT2D eigenvalue weighted by atomic mass is 10.1. The molecule has 1 amide bonds. The SMILES string of the molecule is O=C(COc1ccccc1-c1ccccc1)N/N=C1\C(=O)c2cccc3cccc1c23. The van der Waals surface area contributed by atoms with Crippen LogP contribution in [0, 0.1) is 0 Å². The topological polar surface area (TPSA) is 67.8 Å². The summed E-state index contributed by atoms with van der Waals surface area (Å²) in [4.78, 5) is 25.1. The molecule has 0 spiro atoms. The Labute approximate surface area is 179 Å². The Bertz CT molecular complexity index is 1340. The van der Waals surface area contributed by atoms with E-state index in [1.807, 2.05) is 84.9 Å². The van der Waals surface area contributed by atoms with E-state index in [0.29, 0.717) is 11.3 Å². The molecule has 0 saturated heterocycles. The fourth-order valence-electron chi connectivity index (χ4n) is 3.83. The number of rotatable bonds is 5. The maximum absolute atomic E-state index is 12.8. The average molecular weight is 406 g/mol. The number of carbonyl (C=O) groups is 2. The Morgan fingerprint density at radius 1 is 0.774 bits per heavy atom. The van der Waals surface area contributed by atoms with Crippen LogP contribution >= 0.6 is 0 Å². The van der Waals surface area contributed by atoms with Crippen molar-refractivity contribution in [2.24, 2.45) is 5.10 Å². The average Bonchev–Trinajstić information content (AvgIpc) is 3.10. The van der Waals surface area contributed by atoms with Crippen LogP contribution in [-0.2, 0) is 4.79 Å². The van der Waals surface area contributed by atoms with Gasteiger partial charge in [0.2, 0.25) is 5.78 Å². The van der Waals surface area contributed by atoms with Crippen LogP contribution in [0.3, 0.4) is 0 Å². The van der Waals surface area contributed by atoms with E-state index in [4.69, 9.17) is 4.74 Å². The molecule has 5 heteroatoms. The number of carbonyl (C=O) groups excluding carboxylic acids is 2. The zero-order valence-electron chi connectivity index (χ0n) is 16.5. The second kappa shape index (κ2) is 7.88. The van der Waals surface area contributed by atoms with Gasteiger partial charge in [-0.05, 0) is 17.0 Å². The van der Waals surface area contributed by atoms with E-state index in [0.717, 1.165) is 27.5 Å². The highest BCUT2D eigenvalue weighted by Gasteiger charge is 2.28. The number of benzene rings is 4. The molecule has 0 aliphatic heterocycles. The lowest BCUT2D eigenvalue weighted by molar-refractivity contribution is -0.123. The van der Waals surface area contributed by atoms with Gasteiger partial charge in [-0.25, -0.2) is 5.43 Å². The highest BCUT2D eigenvalue weighted by Crippen LogP contribution is 2.31. The number of ether oxygens (including phenoxy) is 1. The van der Waals surface area contributed by atoms with Crippen molar-refractivity contribution in [1.29, 1.82) is 0 Å². The Balaban J connectivity index is 1.32. The zero-order valence-corrected chi connectivity index (χ0v) is 16.5. The van der Waals surface area contributed by atoms with Crippen LogP contribution in [0.1, 0.15) is 15.9 Å². The number of nitrogens with one attached hydrogen (secondary N) is 1. The van der Waals surface area contributed by atoms with Crippen molar-refractivity contribution in [3.05, 3.63) is 102 Å². The molecule has 5 nitrogen and oxygen atoms in total. The summed E-state index contributed by atoms with van der Waals surface area (Å²) in [5, 5.41) is 5.97. The van der Waals surface area contributed by atoms with Crippen LogP contribution < -0.4 is 10.2 Å². The number of amides is 1. The molecule has 0 fully saturated rings. The van der Waals surface area contributed by atoms with Crippen LogP contribution in [0.25, 0.3) is 21.9 Å². The maximum atomic E-state index is 12.8. The maximum Gasteiger partial charge on any atom is 0.277 e. The molecule has 0 bridgehead atoms. The minimum Gasteiger partial charge on any atom is -0.483 e. The van der Waals surface area contributed by atoms with E-state index >= 15 is 0 Å². The number of hydrogen-bond donors (Lipinski definition) is 1. The molecule has 1 aliphatic rings. The fraction of sp³-hybridized carbons (Fsp3) is 0.0385. The van der Waals surface area contributed by atoms with Crippen molar-refractivity contribution < 1.29 is 14.3 Å². The largest absolute Gasteiger partial charge is 0.483 e. The molecule has 0 unspecified atom stereocenters. The van der Waals surface area contributed by atoms with Gasteiger partial charge in [0.1, 0.15) is 11.5 Å². The molecule has 0 heterocycles. The van der Waals surface area contributed by atoms with Gasteiger partial charge in [0, 0.05) is 22.1 Å². The fourth-order valence-corrected chi connectivity index (χ4v) is 3.83. The molecule has 150 valence electrons. The monoisotopic (exact) mass is 406 g/mol. The molecule has 4 aromatic carbocycles. The van der Waals surface area contributed by atoms with Crippen molar-refractivity contribution in [3.63, 3.8) is 0 Å². The summed E-state index contributed by atoms with van der Waals surface area (Å²) in [6.07, 6.45) is 0. The summed E-state index contributed by atoms with van der Waals surface area (Å²) in [5.74, 6) is -0.0284. The third-order valence-corrected chi connectivity index (χ3v) is 5.24. The second-order valence-electron chi connectivity index (χ2n) is 7.18. The number of para-hydroxylation sites is 1. The first kappa shape index (κ1) is 18.8. The molecular formula is C26H18N2O3. The quantitative estimate of drug-likeness (QED) is 0.493. The summed E-state index contributed by atoms with van der Waals surface area (Å²) in [6.45, 7) is -0.216. The van der Waals surface area contributed by atoms with Gasteiger partial charge in [-0.1, -0.05) is 84.9 Å². The summed E-state index contributed by atoms with van der Waals surface area (Å²) < 4.78 is 5.75. The Morgan fingerprint density at radius 3 is 2.26 bits per heavy atom. The number of Topliss-reactive ketones (excluding diaryl/α,β-unsaturated/α-hetero) is 1. The minimum atomic E-state index is -0.439. The van der Waals surface area contributed by atoms with Gasteiger partial charge in [0.25, 0.3) is 5.91 Å². The van der Waals surface area contributed by atoms with Crippen LogP contribution in [0.5, 0.6) is 5.75 Å². The predicted molar refractivity (Wildman–Crippen MR) is 120 cm³/mol. The third kappa shape index (κ3) is 3.46. The Hall–Kier alpha value is -4.25. The summed E-state index contributed by atoms with van der Waals surface area (Å²) in [6, 6.07) is 28.6. The van der Waals surface area contributed by atoms with Gasteiger partial charge >= 0.3 is 0 Å². The van der Waals surface area contributed by atoms with Gasteiger partial charge in [0.15, 0.2) is 6.61 Å². The molecule has 0 atom stereocenters. The van der Waals surface area contributed by atoms with Gasteiger partial charge in [0.05, 0.1) is 0 Å². The lowest BCUT2D eigenvalue weighted by Crippen LogP contribution is -2.27. The van der Waals surface area contributed by atoms with Crippen molar-refractivity contribution in [2.75, 3.05) is 6.61 Å². The van der Waals surface area contributed by atoms with Crippen LogP contribution in [0.2, 0.25) is 0 Å². The van der Waals surface area contributed by atoms with Crippen LogP contribution in [0.4, 0.5) is 0 Å². The van der Waals surface area contributed by atoms with Crippen molar-refractivity contribution in [3.8, 4) is 16.9 Å². The number of nitrogens with zero attached hydrogens (tertiary/aromatic N) is 1.